The highest BCUT2D eigenvalue weighted by Crippen LogP contribution is 2.27. The zero-order chi connectivity index (χ0) is 13.1. The van der Waals surface area contributed by atoms with Gasteiger partial charge in [0.05, 0.1) is 0 Å². The molecule has 0 spiro atoms. The molecule has 2 aromatic rings. The normalized spacial score (nSPS) is 18.2. The van der Waals surface area contributed by atoms with Crippen LogP contribution >= 0.6 is 11.3 Å². The van der Waals surface area contributed by atoms with Crippen molar-refractivity contribution in [1.82, 2.24) is 10.3 Å². The standard InChI is InChI=1S/C15H18N2OS/c18-15-5-4-12-13(2-1-3-14(12)17-15)16-8-6-11-7-9-19-10-11/h4-5,7,9-10,13,16H,1-3,6,8H2,(H,17,18). The molecule has 0 amide bonds. The number of fused-ring (bicyclic) bond motifs is 1. The fourth-order valence-corrected chi connectivity index (χ4v) is 3.44. The van der Waals surface area contributed by atoms with E-state index in [0.29, 0.717) is 6.04 Å². The van der Waals surface area contributed by atoms with Crippen LogP contribution in [0.5, 0.6) is 0 Å². The van der Waals surface area contributed by atoms with Gasteiger partial charge in [0.25, 0.3) is 0 Å². The van der Waals surface area contributed by atoms with Gasteiger partial charge in [0.1, 0.15) is 0 Å². The number of hydrogen-bond donors (Lipinski definition) is 2. The van der Waals surface area contributed by atoms with E-state index in [-0.39, 0.29) is 5.56 Å². The molecule has 2 heterocycles. The van der Waals surface area contributed by atoms with Gasteiger partial charge in [0.2, 0.25) is 5.56 Å². The maximum Gasteiger partial charge on any atom is 0.248 e. The third-order valence-corrected chi connectivity index (χ3v) is 4.45. The predicted octanol–water partition coefficient (Wildman–Crippen LogP) is 2.65. The molecule has 3 rings (SSSR count). The molecule has 100 valence electrons. The Kier molecular flexibility index (Phi) is 3.80. The summed E-state index contributed by atoms with van der Waals surface area (Å²) >= 11 is 1.75. The maximum atomic E-state index is 11.3. The molecule has 0 saturated carbocycles. The lowest BCUT2D eigenvalue weighted by molar-refractivity contribution is 0.457. The molecule has 1 unspecified atom stereocenters. The van der Waals surface area contributed by atoms with Crippen molar-refractivity contribution in [3.05, 3.63) is 56.1 Å². The van der Waals surface area contributed by atoms with Crippen LogP contribution in [-0.2, 0) is 12.8 Å². The van der Waals surface area contributed by atoms with Crippen molar-refractivity contribution in [2.75, 3.05) is 6.54 Å². The number of H-pyrrole nitrogens is 1. The van der Waals surface area contributed by atoms with Crippen LogP contribution in [0.2, 0.25) is 0 Å². The molecule has 3 nitrogen and oxygen atoms in total. The summed E-state index contributed by atoms with van der Waals surface area (Å²) in [5.74, 6) is 0. The zero-order valence-electron chi connectivity index (χ0n) is 10.8. The first kappa shape index (κ1) is 12.6. The monoisotopic (exact) mass is 274 g/mol. The first-order valence-corrected chi connectivity index (χ1v) is 7.74. The molecule has 1 aliphatic carbocycles. The molecule has 1 atom stereocenters. The van der Waals surface area contributed by atoms with E-state index < -0.39 is 0 Å². The summed E-state index contributed by atoms with van der Waals surface area (Å²) in [5.41, 5.74) is 3.80. The number of thiophene rings is 1. The topological polar surface area (TPSA) is 44.9 Å². The highest BCUT2D eigenvalue weighted by atomic mass is 32.1. The summed E-state index contributed by atoms with van der Waals surface area (Å²) in [5, 5.41) is 7.94. The largest absolute Gasteiger partial charge is 0.326 e. The van der Waals surface area contributed by atoms with Crippen LogP contribution < -0.4 is 10.9 Å². The second-order valence-electron chi connectivity index (χ2n) is 5.04. The SMILES string of the molecule is O=c1ccc2c([nH]1)CCCC2NCCc1ccsc1. The second-order valence-corrected chi connectivity index (χ2v) is 5.82. The highest BCUT2D eigenvalue weighted by Gasteiger charge is 2.19. The summed E-state index contributed by atoms with van der Waals surface area (Å²) in [6.07, 6.45) is 4.36. The molecular weight excluding hydrogens is 256 g/mol. The van der Waals surface area contributed by atoms with Gasteiger partial charge in [-0.25, -0.2) is 0 Å². The number of hydrogen-bond acceptors (Lipinski definition) is 3. The van der Waals surface area contributed by atoms with Gasteiger partial charge in [-0.1, -0.05) is 6.07 Å². The first-order chi connectivity index (χ1) is 9.33. The van der Waals surface area contributed by atoms with Gasteiger partial charge in [-0.05, 0) is 60.2 Å². The first-order valence-electron chi connectivity index (χ1n) is 6.79. The summed E-state index contributed by atoms with van der Waals surface area (Å²) in [7, 11) is 0. The number of rotatable bonds is 4. The van der Waals surface area contributed by atoms with Crippen molar-refractivity contribution < 1.29 is 0 Å². The molecule has 0 aromatic carbocycles. The Balaban J connectivity index is 1.65. The van der Waals surface area contributed by atoms with Crippen molar-refractivity contribution in [1.29, 1.82) is 0 Å². The Morgan fingerprint density at radius 3 is 3.16 bits per heavy atom. The van der Waals surface area contributed by atoms with E-state index in [2.05, 4.69) is 27.1 Å². The number of aromatic nitrogens is 1. The number of aromatic amines is 1. The Labute approximate surface area is 116 Å². The fraction of sp³-hybridized carbons (Fsp3) is 0.400. The molecule has 19 heavy (non-hydrogen) atoms. The van der Waals surface area contributed by atoms with Gasteiger partial charge in [0, 0.05) is 17.8 Å². The van der Waals surface area contributed by atoms with Gasteiger partial charge in [-0.3, -0.25) is 4.79 Å². The molecule has 0 aliphatic heterocycles. The average Bonchev–Trinajstić information content (AvgIpc) is 2.92. The highest BCUT2D eigenvalue weighted by molar-refractivity contribution is 7.07. The van der Waals surface area contributed by atoms with Gasteiger partial charge in [-0.15, -0.1) is 0 Å². The van der Waals surface area contributed by atoms with Gasteiger partial charge in [0.15, 0.2) is 0 Å². The molecule has 0 radical (unpaired) electrons. The fourth-order valence-electron chi connectivity index (χ4n) is 2.74. The molecule has 4 heteroatoms. The van der Waals surface area contributed by atoms with E-state index in [4.69, 9.17) is 0 Å². The van der Waals surface area contributed by atoms with Gasteiger partial charge < -0.3 is 10.3 Å². The van der Waals surface area contributed by atoms with Crippen LogP contribution in [0.4, 0.5) is 0 Å². The average molecular weight is 274 g/mol. The van der Waals surface area contributed by atoms with E-state index in [1.54, 1.807) is 17.4 Å². The van der Waals surface area contributed by atoms with Crippen molar-refractivity contribution in [3.8, 4) is 0 Å². The van der Waals surface area contributed by atoms with E-state index in [1.165, 1.54) is 11.1 Å². The van der Waals surface area contributed by atoms with Crippen LogP contribution in [0, 0.1) is 0 Å². The molecule has 1 aliphatic rings. The maximum absolute atomic E-state index is 11.3. The Hall–Kier alpha value is -1.39. The Morgan fingerprint density at radius 2 is 2.32 bits per heavy atom. The van der Waals surface area contributed by atoms with Crippen LogP contribution in [0.3, 0.4) is 0 Å². The smallest absolute Gasteiger partial charge is 0.248 e. The summed E-state index contributed by atoms with van der Waals surface area (Å²) < 4.78 is 0. The molecule has 2 N–H and O–H groups in total. The minimum atomic E-state index is 0.0117. The third kappa shape index (κ3) is 2.96. The predicted molar refractivity (Wildman–Crippen MR) is 78.8 cm³/mol. The quantitative estimate of drug-likeness (QED) is 0.900. The number of nitrogens with one attached hydrogen (secondary N) is 2. The van der Waals surface area contributed by atoms with Crippen LogP contribution in [0.25, 0.3) is 0 Å². The van der Waals surface area contributed by atoms with Crippen molar-refractivity contribution in [2.24, 2.45) is 0 Å². The molecule has 0 fully saturated rings. The van der Waals surface area contributed by atoms with Crippen molar-refractivity contribution >= 4 is 11.3 Å². The molecule has 0 saturated heterocycles. The third-order valence-electron chi connectivity index (χ3n) is 3.72. The van der Waals surface area contributed by atoms with E-state index in [1.807, 2.05) is 6.07 Å². The van der Waals surface area contributed by atoms with Crippen LogP contribution in [-0.4, -0.2) is 11.5 Å². The lowest BCUT2D eigenvalue weighted by Crippen LogP contribution is -2.28. The van der Waals surface area contributed by atoms with Crippen molar-refractivity contribution in [2.45, 2.75) is 31.7 Å². The molecule has 2 aromatic heterocycles. The molecular formula is C15H18N2OS. The summed E-state index contributed by atoms with van der Waals surface area (Å²) in [6.45, 7) is 0.986. The van der Waals surface area contributed by atoms with Gasteiger partial charge in [-0.2, -0.15) is 11.3 Å². The molecule has 0 bridgehead atoms. The lowest BCUT2D eigenvalue weighted by Gasteiger charge is -2.26. The van der Waals surface area contributed by atoms with Crippen LogP contribution in [0.1, 0.15) is 35.7 Å². The summed E-state index contributed by atoms with van der Waals surface area (Å²) in [6, 6.07) is 6.19. The lowest BCUT2D eigenvalue weighted by atomic mass is 9.91. The van der Waals surface area contributed by atoms with Gasteiger partial charge >= 0.3 is 0 Å². The Morgan fingerprint density at radius 1 is 1.37 bits per heavy atom. The second kappa shape index (κ2) is 5.72. The number of pyridine rings is 1. The Bertz CT molecular complexity index is 588. The minimum Gasteiger partial charge on any atom is -0.326 e. The minimum absolute atomic E-state index is 0.0117. The van der Waals surface area contributed by atoms with E-state index in [9.17, 15) is 4.79 Å². The zero-order valence-corrected chi connectivity index (χ0v) is 11.6. The van der Waals surface area contributed by atoms with Crippen LogP contribution in [0.15, 0.2) is 33.8 Å². The van der Waals surface area contributed by atoms with E-state index in [0.717, 1.165) is 37.9 Å². The van der Waals surface area contributed by atoms with Crippen molar-refractivity contribution in [3.63, 3.8) is 0 Å². The summed E-state index contributed by atoms with van der Waals surface area (Å²) in [4.78, 5) is 14.3. The van der Waals surface area contributed by atoms with E-state index >= 15 is 0 Å². The number of aryl methyl sites for hydroxylation is 1.